The number of aromatic nitrogens is 1. The summed E-state index contributed by atoms with van der Waals surface area (Å²) < 4.78 is 17.5. The molecule has 1 aliphatic rings. The van der Waals surface area contributed by atoms with Crippen LogP contribution in [0.1, 0.15) is 31.0 Å². The molecule has 0 fully saturated rings. The van der Waals surface area contributed by atoms with Crippen LogP contribution < -0.4 is 29.3 Å². The van der Waals surface area contributed by atoms with Crippen molar-refractivity contribution < 1.29 is 23.9 Å². The summed E-state index contributed by atoms with van der Waals surface area (Å²) in [5.41, 5.74) is 1.80. The third-order valence-electron chi connectivity index (χ3n) is 6.26. The molecule has 0 unspecified atom stereocenters. The van der Waals surface area contributed by atoms with Gasteiger partial charge in [0.2, 0.25) is 0 Å². The standard InChI is InChI=1S/C27H28N4O7S/c1-7-38-26(33)23-15(2)28-27-30(24(23)16-8-10-18(11-9-16)29(3)4)25(32)22(39-27)13-17-12-20(36-5)21(37-6)14-19(17)31(34)35/h8-14,24H,7H2,1-6H3/b22-13-/t24-/m1/s1. The summed E-state index contributed by atoms with van der Waals surface area (Å²) in [5, 5.41) is 11.8. The van der Waals surface area contributed by atoms with Gasteiger partial charge in [-0.2, -0.15) is 0 Å². The fourth-order valence-electron chi connectivity index (χ4n) is 4.36. The maximum absolute atomic E-state index is 13.8. The van der Waals surface area contributed by atoms with Crippen molar-refractivity contribution in [3.05, 3.63) is 88.6 Å². The Labute approximate surface area is 228 Å². The van der Waals surface area contributed by atoms with E-state index in [0.717, 1.165) is 17.0 Å². The van der Waals surface area contributed by atoms with Crippen molar-refractivity contribution in [1.29, 1.82) is 0 Å². The number of hydrogen-bond donors (Lipinski definition) is 0. The number of allylic oxidation sites excluding steroid dienone is 1. The van der Waals surface area contributed by atoms with Crippen molar-refractivity contribution in [2.45, 2.75) is 19.9 Å². The predicted molar refractivity (Wildman–Crippen MR) is 147 cm³/mol. The molecule has 4 rings (SSSR count). The Morgan fingerprint density at radius 1 is 1.18 bits per heavy atom. The first-order valence-electron chi connectivity index (χ1n) is 12.0. The number of rotatable bonds is 8. The molecule has 0 spiro atoms. The Morgan fingerprint density at radius 3 is 2.38 bits per heavy atom. The SMILES string of the molecule is CCOC(=O)C1=C(C)N=c2s/c(=C\c3cc(OC)c(OC)cc3[N+](=O)[O-])c(=O)n2[C@@H]1c1ccc(N(C)C)cc1. The average Bonchev–Trinajstić information content (AvgIpc) is 3.21. The third kappa shape index (κ3) is 5.15. The summed E-state index contributed by atoms with van der Waals surface area (Å²) in [7, 11) is 6.63. The Bertz CT molecular complexity index is 1650. The molecule has 12 heteroatoms. The first kappa shape index (κ1) is 27.6. The molecule has 0 saturated heterocycles. The van der Waals surface area contributed by atoms with Gasteiger partial charge in [-0.25, -0.2) is 9.79 Å². The number of benzene rings is 2. The Kier molecular flexibility index (Phi) is 7.86. The Morgan fingerprint density at radius 2 is 1.82 bits per heavy atom. The molecule has 0 radical (unpaired) electrons. The lowest BCUT2D eigenvalue weighted by atomic mass is 9.95. The molecule has 204 valence electrons. The second-order valence-corrected chi connectivity index (χ2v) is 9.82. The van der Waals surface area contributed by atoms with Crippen LogP contribution >= 0.6 is 11.3 Å². The number of methoxy groups -OCH3 is 2. The Hall–Kier alpha value is -4.45. The lowest BCUT2D eigenvalue weighted by Crippen LogP contribution is -2.40. The van der Waals surface area contributed by atoms with E-state index in [0.29, 0.717) is 16.1 Å². The van der Waals surface area contributed by atoms with Gasteiger partial charge in [0, 0.05) is 19.8 Å². The van der Waals surface area contributed by atoms with Gasteiger partial charge in [-0.3, -0.25) is 19.5 Å². The number of fused-ring (bicyclic) bond motifs is 1. The monoisotopic (exact) mass is 552 g/mol. The van der Waals surface area contributed by atoms with Crippen LogP contribution in [-0.4, -0.2) is 50.4 Å². The molecule has 39 heavy (non-hydrogen) atoms. The fourth-order valence-corrected chi connectivity index (χ4v) is 5.40. The van der Waals surface area contributed by atoms with E-state index in [2.05, 4.69) is 4.99 Å². The average molecular weight is 553 g/mol. The van der Waals surface area contributed by atoms with Gasteiger partial charge in [-0.15, -0.1) is 0 Å². The summed E-state index contributed by atoms with van der Waals surface area (Å²) in [4.78, 5) is 45.0. The number of nitro groups is 1. The number of carbonyl (C=O) groups is 1. The summed E-state index contributed by atoms with van der Waals surface area (Å²) in [5.74, 6) is -0.0923. The highest BCUT2D eigenvalue weighted by Gasteiger charge is 2.33. The molecule has 0 aliphatic carbocycles. The molecule has 0 N–H and O–H groups in total. The molecule has 0 bridgehead atoms. The normalized spacial score (nSPS) is 14.9. The van der Waals surface area contributed by atoms with Gasteiger partial charge < -0.3 is 19.1 Å². The van der Waals surface area contributed by atoms with Crippen molar-refractivity contribution in [2.24, 2.45) is 4.99 Å². The van der Waals surface area contributed by atoms with Gasteiger partial charge in [0.25, 0.3) is 11.2 Å². The highest BCUT2D eigenvalue weighted by atomic mass is 32.1. The first-order valence-corrected chi connectivity index (χ1v) is 12.8. The minimum absolute atomic E-state index is 0.162. The molecule has 2 heterocycles. The van der Waals surface area contributed by atoms with Gasteiger partial charge in [0.1, 0.15) is 0 Å². The van der Waals surface area contributed by atoms with E-state index in [-0.39, 0.29) is 39.5 Å². The highest BCUT2D eigenvalue weighted by molar-refractivity contribution is 7.07. The molecule has 1 atom stereocenters. The van der Waals surface area contributed by atoms with Gasteiger partial charge in [-0.1, -0.05) is 23.5 Å². The largest absolute Gasteiger partial charge is 0.493 e. The number of nitro benzene ring substituents is 1. The summed E-state index contributed by atoms with van der Waals surface area (Å²) in [6.07, 6.45) is 1.43. The zero-order valence-corrected chi connectivity index (χ0v) is 23.2. The number of ether oxygens (including phenoxy) is 3. The molecular formula is C27H28N4O7S. The van der Waals surface area contributed by atoms with E-state index in [1.807, 2.05) is 43.3 Å². The maximum Gasteiger partial charge on any atom is 0.338 e. The maximum atomic E-state index is 13.8. The van der Waals surface area contributed by atoms with Crippen molar-refractivity contribution in [3.8, 4) is 11.5 Å². The van der Waals surface area contributed by atoms with Crippen LogP contribution in [0.15, 0.2) is 57.5 Å². The number of nitrogens with zero attached hydrogens (tertiary/aromatic N) is 4. The molecule has 3 aromatic rings. The second kappa shape index (κ2) is 11.1. The minimum atomic E-state index is -0.793. The van der Waals surface area contributed by atoms with E-state index in [9.17, 15) is 19.7 Å². The van der Waals surface area contributed by atoms with Crippen molar-refractivity contribution in [2.75, 3.05) is 39.8 Å². The summed E-state index contributed by atoms with van der Waals surface area (Å²) in [6, 6.07) is 9.41. The molecule has 2 aromatic carbocycles. The predicted octanol–water partition coefficient (Wildman–Crippen LogP) is 2.79. The number of hydrogen-bond acceptors (Lipinski definition) is 10. The third-order valence-corrected chi connectivity index (χ3v) is 7.24. The van der Waals surface area contributed by atoms with Gasteiger partial charge in [0.05, 0.1) is 59.2 Å². The van der Waals surface area contributed by atoms with E-state index in [4.69, 9.17) is 14.2 Å². The van der Waals surface area contributed by atoms with E-state index >= 15 is 0 Å². The summed E-state index contributed by atoms with van der Waals surface area (Å²) in [6.45, 7) is 3.57. The fraction of sp³-hybridized carbons (Fsp3) is 0.296. The van der Waals surface area contributed by atoms with Gasteiger partial charge in [-0.05, 0) is 43.7 Å². The molecule has 1 aromatic heterocycles. The lowest BCUT2D eigenvalue weighted by molar-refractivity contribution is -0.385. The molecular weight excluding hydrogens is 524 g/mol. The van der Waals surface area contributed by atoms with Crippen molar-refractivity contribution >= 4 is 34.8 Å². The van der Waals surface area contributed by atoms with Crippen molar-refractivity contribution in [1.82, 2.24) is 4.57 Å². The smallest absolute Gasteiger partial charge is 0.338 e. The molecule has 0 saturated carbocycles. The first-order chi connectivity index (χ1) is 18.6. The number of thiazole rings is 1. The highest BCUT2D eigenvalue weighted by Crippen LogP contribution is 2.35. The van der Waals surface area contributed by atoms with Crippen LogP contribution in [0.5, 0.6) is 11.5 Å². The molecule has 0 amide bonds. The zero-order valence-electron chi connectivity index (χ0n) is 22.4. The zero-order chi connectivity index (χ0) is 28.4. The number of anilines is 1. The second-order valence-electron chi connectivity index (χ2n) is 8.81. The summed E-state index contributed by atoms with van der Waals surface area (Å²) >= 11 is 1.08. The van der Waals surface area contributed by atoms with E-state index in [1.165, 1.54) is 37.0 Å². The lowest BCUT2D eigenvalue weighted by Gasteiger charge is -2.25. The molecule has 1 aliphatic heterocycles. The minimum Gasteiger partial charge on any atom is -0.493 e. The van der Waals surface area contributed by atoms with Gasteiger partial charge >= 0.3 is 5.97 Å². The quantitative estimate of drug-likeness (QED) is 0.237. The van der Waals surface area contributed by atoms with Crippen LogP contribution in [0.3, 0.4) is 0 Å². The molecule has 11 nitrogen and oxygen atoms in total. The van der Waals surface area contributed by atoms with Crippen LogP contribution in [0.2, 0.25) is 0 Å². The van der Waals surface area contributed by atoms with Crippen LogP contribution in [0.25, 0.3) is 6.08 Å². The number of esters is 1. The van der Waals surface area contributed by atoms with E-state index in [1.54, 1.807) is 13.8 Å². The van der Waals surface area contributed by atoms with Crippen molar-refractivity contribution in [3.63, 3.8) is 0 Å². The van der Waals surface area contributed by atoms with Crippen LogP contribution in [-0.2, 0) is 9.53 Å². The van der Waals surface area contributed by atoms with Crippen LogP contribution in [0, 0.1) is 10.1 Å². The van der Waals surface area contributed by atoms with Crippen LogP contribution in [0.4, 0.5) is 11.4 Å². The van der Waals surface area contributed by atoms with Gasteiger partial charge in [0.15, 0.2) is 16.3 Å². The Balaban J connectivity index is 1.98. The topological polar surface area (TPSA) is 126 Å². The number of carbonyl (C=O) groups excluding carboxylic acids is 1. The van der Waals surface area contributed by atoms with E-state index < -0.39 is 22.5 Å².